The molecule has 14 heteroatoms. The normalized spacial score (nSPS) is 16.5. The van der Waals surface area contributed by atoms with Crippen LogP contribution in [0, 0.1) is 5.41 Å². The van der Waals surface area contributed by atoms with Crippen LogP contribution in [-0.2, 0) is 17.4 Å². The zero-order valence-corrected chi connectivity index (χ0v) is 27.9. The van der Waals surface area contributed by atoms with Crippen LogP contribution in [0.5, 0.6) is 5.88 Å². The number of halogens is 3. The van der Waals surface area contributed by atoms with E-state index in [9.17, 15) is 17.4 Å². The van der Waals surface area contributed by atoms with Crippen molar-refractivity contribution in [2.45, 2.75) is 57.2 Å². The summed E-state index contributed by atoms with van der Waals surface area (Å²) in [6.07, 6.45) is 4.37. The maximum absolute atomic E-state index is 13.6. The van der Waals surface area contributed by atoms with E-state index in [-0.39, 0.29) is 5.88 Å². The molecule has 1 aliphatic heterocycles. The highest BCUT2D eigenvalue weighted by atomic mass is 32.2. The van der Waals surface area contributed by atoms with Crippen molar-refractivity contribution in [3.05, 3.63) is 60.3 Å². The van der Waals surface area contributed by atoms with Crippen LogP contribution >= 0.6 is 23.1 Å². The van der Waals surface area contributed by atoms with Crippen LogP contribution in [0.4, 0.5) is 24.1 Å². The fourth-order valence-corrected chi connectivity index (χ4v) is 7.07. The number of benzene rings is 1. The fraction of sp³-hybridized carbons (Fsp3) is 0.452. The van der Waals surface area contributed by atoms with Gasteiger partial charge in [-0.25, -0.2) is 18.9 Å². The molecular weight excluding hydrogens is 642 g/mol. The van der Waals surface area contributed by atoms with Gasteiger partial charge in [0.05, 0.1) is 5.41 Å². The molecule has 1 N–H and O–H groups in total. The van der Waals surface area contributed by atoms with E-state index >= 15 is 0 Å². The second kappa shape index (κ2) is 14.5. The standard InChI is InChI=1S/C31H37F3N6O2S3/c1-30(2,31(32,33)34)21-42-25-16-18-40(37-25)28-27-23-13-8-7-12-22(23)11-6-4-5-9-17-39(19-20-43-3)24-14-10-15-26(35-24)45(41)38-29(36-27)44-28/h7-8,10,12-16,18H,4-6,9,11,17,19-21H2,1-3H3,(H,36,38). The smallest absolute Gasteiger partial charge is 0.397 e. The van der Waals surface area contributed by atoms with Gasteiger partial charge in [0.2, 0.25) is 5.88 Å². The Morgan fingerprint density at radius 1 is 1.04 bits per heavy atom. The van der Waals surface area contributed by atoms with Crippen LogP contribution in [0.25, 0.3) is 16.3 Å². The second-order valence-electron chi connectivity index (χ2n) is 11.4. The summed E-state index contributed by atoms with van der Waals surface area (Å²) < 4.78 is 63.8. The zero-order valence-electron chi connectivity index (χ0n) is 25.5. The van der Waals surface area contributed by atoms with E-state index in [1.54, 1.807) is 28.7 Å². The first-order valence-electron chi connectivity index (χ1n) is 14.8. The number of hydrogen-bond acceptors (Lipinski definition) is 8. The average molecular weight is 679 g/mol. The van der Waals surface area contributed by atoms with E-state index in [4.69, 9.17) is 14.7 Å². The first-order valence-corrected chi connectivity index (χ1v) is 18.2. The van der Waals surface area contributed by atoms with Crippen LogP contribution in [0.3, 0.4) is 0 Å². The number of hydrogen-bond donors (Lipinski definition) is 1. The van der Waals surface area contributed by atoms with E-state index in [2.05, 4.69) is 27.0 Å². The van der Waals surface area contributed by atoms with Crippen molar-refractivity contribution >= 4 is 45.0 Å². The Hall–Kier alpha value is -3.10. The predicted molar refractivity (Wildman–Crippen MR) is 177 cm³/mol. The second-order valence-corrected chi connectivity index (χ2v) is 14.6. The largest absolute Gasteiger partial charge is 0.476 e. The summed E-state index contributed by atoms with van der Waals surface area (Å²) in [4.78, 5) is 11.9. The van der Waals surface area contributed by atoms with Crippen molar-refractivity contribution in [2.24, 2.45) is 5.41 Å². The molecule has 0 saturated carbocycles. The molecule has 4 aromatic rings. The number of thioether (sulfide) groups is 1. The van der Waals surface area contributed by atoms with Gasteiger partial charge < -0.3 is 9.64 Å². The van der Waals surface area contributed by atoms with Crippen LogP contribution in [-0.4, -0.2) is 61.8 Å². The van der Waals surface area contributed by atoms with Crippen LogP contribution in [0.2, 0.25) is 0 Å². The van der Waals surface area contributed by atoms with Crippen molar-refractivity contribution in [1.29, 1.82) is 0 Å². The summed E-state index contributed by atoms with van der Waals surface area (Å²) in [7, 11) is -1.70. The summed E-state index contributed by atoms with van der Waals surface area (Å²) >= 11 is 3.03. The lowest BCUT2D eigenvalue weighted by Gasteiger charge is -2.26. The molecule has 1 aliphatic rings. The summed E-state index contributed by atoms with van der Waals surface area (Å²) in [6.45, 7) is 3.35. The van der Waals surface area contributed by atoms with Crippen molar-refractivity contribution < 1.29 is 22.1 Å². The van der Waals surface area contributed by atoms with Gasteiger partial charge >= 0.3 is 6.18 Å². The number of anilines is 2. The lowest BCUT2D eigenvalue weighted by Crippen LogP contribution is -2.37. The Morgan fingerprint density at radius 3 is 2.64 bits per heavy atom. The average Bonchev–Trinajstić information content (AvgIpc) is 3.66. The monoisotopic (exact) mass is 678 g/mol. The number of alkyl halides is 3. The van der Waals surface area contributed by atoms with Crippen molar-refractivity contribution in [3.8, 4) is 22.1 Å². The summed E-state index contributed by atoms with van der Waals surface area (Å²) in [5.74, 6) is 1.83. The predicted octanol–water partition coefficient (Wildman–Crippen LogP) is 7.78. The molecule has 5 rings (SSSR count). The van der Waals surface area contributed by atoms with E-state index in [0.29, 0.717) is 20.9 Å². The lowest BCUT2D eigenvalue weighted by atomic mass is 9.94. The number of pyridine rings is 1. The van der Waals surface area contributed by atoms with E-state index in [0.717, 1.165) is 81.7 Å². The molecule has 1 atom stereocenters. The third-order valence-corrected chi connectivity index (χ3v) is 10.3. The molecule has 0 saturated heterocycles. The fourth-order valence-electron chi connectivity index (χ4n) is 4.82. The minimum Gasteiger partial charge on any atom is -0.476 e. The van der Waals surface area contributed by atoms with E-state index in [1.165, 1.54) is 17.4 Å². The SMILES string of the molecule is CSCCN1CCCCCCc2ccccc2-c2nc(sc2-n2ccc(OCC(C)(C)C(F)(F)F)n2)NS(=O)c2cccc1n2. The molecule has 4 bridgehead atoms. The van der Waals surface area contributed by atoms with Crippen molar-refractivity contribution in [1.82, 2.24) is 19.7 Å². The number of rotatable bonds is 7. The molecule has 1 aromatic carbocycles. The van der Waals surface area contributed by atoms with Crippen LogP contribution < -0.4 is 14.4 Å². The minimum atomic E-state index is -4.42. The Labute approximate surface area is 272 Å². The minimum absolute atomic E-state index is 0.0690. The number of fused-ring (bicyclic) bond motifs is 6. The molecule has 3 aromatic heterocycles. The maximum atomic E-state index is 13.6. The molecule has 1 unspecified atom stereocenters. The first kappa shape index (κ1) is 33.3. The highest BCUT2D eigenvalue weighted by Gasteiger charge is 2.48. The highest BCUT2D eigenvalue weighted by Crippen LogP contribution is 2.39. The summed E-state index contributed by atoms with van der Waals surface area (Å²) in [5.41, 5.74) is 0.650. The molecule has 45 heavy (non-hydrogen) atoms. The van der Waals surface area contributed by atoms with Gasteiger partial charge in [-0.15, -0.1) is 5.10 Å². The quantitative estimate of drug-likeness (QED) is 0.214. The van der Waals surface area contributed by atoms with Gasteiger partial charge in [0.1, 0.15) is 23.1 Å². The third kappa shape index (κ3) is 8.20. The van der Waals surface area contributed by atoms with Crippen LogP contribution in [0.1, 0.15) is 45.1 Å². The molecule has 242 valence electrons. The van der Waals surface area contributed by atoms with Gasteiger partial charge in [0, 0.05) is 36.7 Å². The third-order valence-electron chi connectivity index (χ3n) is 7.60. The highest BCUT2D eigenvalue weighted by molar-refractivity contribution is 7.98. The van der Waals surface area contributed by atoms with Gasteiger partial charge in [0.15, 0.2) is 21.1 Å². The Balaban J connectivity index is 1.50. The Kier molecular flexibility index (Phi) is 10.8. The Bertz CT molecular complexity index is 1610. The maximum Gasteiger partial charge on any atom is 0.397 e. The summed E-state index contributed by atoms with van der Waals surface area (Å²) in [6, 6.07) is 15.1. The van der Waals surface area contributed by atoms with Crippen LogP contribution in [0.15, 0.2) is 59.8 Å². The number of nitrogens with one attached hydrogen (secondary N) is 1. The summed E-state index contributed by atoms with van der Waals surface area (Å²) in [5, 5.41) is 5.87. The number of thiazole rings is 1. The number of aryl methyl sites for hydroxylation is 1. The molecule has 8 nitrogen and oxygen atoms in total. The van der Waals surface area contributed by atoms with Crippen molar-refractivity contribution in [3.63, 3.8) is 0 Å². The van der Waals surface area contributed by atoms with E-state index in [1.807, 2.05) is 30.3 Å². The van der Waals surface area contributed by atoms with Gasteiger partial charge in [-0.3, -0.25) is 4.72 Å². The topological polar surface area (TPSA) is 85.2 Å². The van der Waals surface area contributed by atoms with Gasteiger partial charge in [-0.1, -0.05) is 54.5 Å². The molecule has 0 radical (unpaired) electrons. The zero-order chi connectivity index (χ0) is 32.0. The lowest BCUT2D eigenvalue weighted by molar-refractivity contribution is -0.219. The molecule has 0 aliphatic carbocycles. The van der Waals surface area contributed by atoms with E-state index < -0.39 is 29.2 Å². The molecular formula is C31H37F3N6O2S3. The van der Waals surface area contributed by atoms with Crippen molar-refractivity contribution in [2.75, 3.05) is 41.3 Å². The molecule has 0 spiro atoms. The molecule has 0 fully saturated rings. The molecule has 0 amide bonds. The number of ether oxygens (including phenoxy) is 1. The van der Waals surface area contributed by atoms with Gasteiger partial charge in [-0.05, 0) is 57.1 Å². The number of aromatic nitrogens is 4. The van der Waals surface area contributed by atoms with Gasteiger partial charge in [0.25, 0.3) is 0 Å². The number of nitrogens with zero attached hydrogens (tertiary/aromatic N) is 5. The first-order chi connectivity index (χ1) is 21.6. The Morgan fingerprint density at radius 2 is 1.84 bits per heavy atom. The molecule has 4 heterocycles. The van der Waals surface area contributed by atoms with Gasteiger partial charge in [-0.2, -0.15) is 24.9 Å².